The van der Waals surface area contributed by atoms with Crippen LogP contribution in [0.3, 0.4) is 0 Å². The monoisotopic (exact) mass is 250 g/mol. The fourth-order valence-electron chi connectivity index (χ4n) is 1.42. The molecule has 2 aromatic heterocycles. The van der Waals surface area contributed by atoms with Gasteiger partial charge in [-0.1, -0.05) is 10.4 Å². The molecule has 0 bridgehead atoms. The van der Waals surface area contributed by atoms with E-state index >= 15 is 0 Å². The lowest BCUT2D eigenvalue weighted by atomic mass is 10.4. The average Bonchev–Trinajstić information content (AvgIpc) is 2.96. The van der Waals surface area contributed by atoms with Gasteiger partial charge in [-0.15, -0.1) is 5.10 Å². The maximum absolute atomic E-state index is 11.0. The summed E-state index contributed by atoms with van der Waals surface area (Å²) in [7, 11) is 0. The number of nitrogens with zero attached hydrogens (tertiary/aromatic N) is 4. The lowest BCUT2D eigenvalue weighted by molar-refractivity contribution is -0.119. The molecule has 2 aromatic rings. The lowest BCUT2D eigenvalue weighted by Crippen LogP contribution is -2.29. The number of hydrogen-bond donors (Lipinski definition) is 2. The van der Waals surface area contributed by atoms with E-state index in [1.165, 1.54) is 0 Å². The third-order valence-electron chi connectivity index (χ3n) is 2.24. The predicted molar refractivity (Wildman–Crippen MR) is 61.3 cm³/mol. The fraction of sp³-hybridized carbons (Fsp3) is 0.400. The van der Waals surface area contributed by atoms with E-state index in [1.807, 2.05) is 13.0 Å². The number of aromatic nitrogens is 4. The summed E-state index contributed by atoms with van der Waals surface area (Å²) in [5.74, 6) is 0.525. The molecule has 0 atom stereocenters. The summed E-state index contributed by atoms with van der Waals surface area (Å²) >= 11 is 0. The Balaban J connectivity index is 1.91. The molecule has 0 fully saturated rings. The normalized spacial score (nSPS) is 10.6. The van der Waals surface area contributed by atoms with Crippen molar-refractivity contribution < 1.29 is 9.32 Å². The van der Waals surface area contributed by atoms with Crippen molar-refractivity contribution in [2.75, 3.05) is 6.54 Å². The van der Waals surface area contributed by atoms with Crippen LogP contribution in [0.25, 0.3) is 0 Å². The van der Waals surface area contributed by atoms with E-state index in [0.29, 0.717) is 18.8 Å². The van der Waals surface area contributed by atoms with Crippen molar-refractivity contribution in [1.29, 1.82) is 0 Å². The predicted octanol–water partition coefficient (Wildman–Crippen LogP) is -0.802. The van der Waals surface area contributed by atoms with E-state index in [-0.39, 0.29) is 12.5 Å². The Morgan fingerprint density at radius 3 is 3.06 bits per heavy atom. The first-order valence-corrected chi connectivity index (χ1v) is 5.45. The molecule has 1 amide bonds. The smallest absolute Gasteiger partial charge is 0.234 e. The molecule has 18 heavy (non-hydrogen) atoms. The maximum Gasteiger partial charge on any atom is 0.234 e. The van der Waals surface area contributed by atoms with Crippen molar-refractivity contribution in [3.8, 4) is 0 Å². The van der Waals surface area contributed by atoms with E-state index in [0.717, 1.165) is 11.5 Å². The van der Waals surface area contributed by atoms with Crippen molar-refractivity contribution >= 4 is 5.91 Å². The number of nitrogens with one attached hydrogen (secondary N) is 1. The number of aryl methyl sites for hydroxylation is 1. The Kier molecular flexibility index (Phi) is 3.68. The van der Waals surface area contributed by atoms with Crippen molar-refractivity contribution in [3.05, 3.63) is 29.4 Å². The number of carbonyl (C=O) groups excluding carboxylic acids is 1. The molecule has 0 aliphatic rings. The number of rotatable bonds is 5. The van der Waals surface area contributed by atoms with Crippen LogP contribution in [0.4, 0.5) is 0 Å². The van der Waals surface area contributed by atoms with Crippen LogP contribution in [-0.4, -0.2) is 32.6 Å². The first-order chi connectivity index (χ1) is 8.67. The minimum atomic E-state index is -0.225. The zero-order valence-corrected chi connectivity index (χ0v) is 9.96. The van der Waals surface area contributed by atoms with Gasteiger partial charge in [-0.2, -0.15) is 0 Å². The average molecular weight is 250 g/mol. The highest BCUT2D eigenvalue weighted by atomic mass is 16.5. The van der Waals surface area contributed by atoms with Gasteiger partial charge < -0.3 is 15.6 Å². The van der Waals surface area contributed by atoms with Crippen molar-refractivity contribution in [1.82, 2.24) is 25.5 Å². The van der Waals surface area contributed by atoms with E-state index in [4.69, 9.17) is 10.3 Å². The largest absolute Gasteiger partial charge is 0.361 e. The molecular formula is C10H14N6O2. The van der Waals surface area contributed by atoms with Gasteiger partial charge in [0.25, 0.3) is 0 Å². The second-order valence-corrected chi connectivity index (χ2v) is 3.82. The molecule has 2 heterocycles. The van der Waals surface area contributed by atoms with E-state index in [1.54, 1.807) is 10.9 Å². The molecule has 2 rings (SSSR count). The van der Waals surface area contributed by atoms with Gasteiger partial charge in [-0.3, -0.25) is 4.79 Å². The van der Waals surface area contributed by atoms with Gasteiger partial charge in [0.05, 0.1) is 25.8 Å². The molecule has 0 aliphatic heterocycles. The third-order valence-corrected chi connectivity index (χ3v) is 2.24. The number of carbonyl (C=O) groups is 1. The molecule has 0 saturated carbocycles. The summed E-state index contributed by atoms with van der Waals surface area (Å²) in [6.07, 6.45) is 1.74. The minimum absolute atomic E-state index is 0.0354. The molecule has 0 unspecified atom stereocenters. The van der Waals surface area contributed by atoms with Crippen LogP contribution in [0.2, 0.25) is 0 Å². The maximum atomic E-state index is 11.0. The molecule has 96 valence electrons. The zero-order chi connectivity index (χ0) is 13.0. The summed E-state index contributed by atoms with van der Waals surface area (Å²) in [5, 5.41) is 14.3. The van der Waals surface area contributed by atoms with Crippen LogP contribution in [0.5, 0.6) is 0 Å². The molecule has 0 radical (unpaired) electrons. The number of hydrogen-bond acceptors (Lipinski definition) is 6. The van der Waals surface area contributed by atoms with Crippen LogP contribution < -0.4 is 11.1 Å². The third kappa shape index (κ3) is 3.14. The van der Waals surface area contributed by atoms with Crippen LogP contribution in [0.1, 0.15) is 17.1 Å². The van der Waals surface area contributed by atoms with Crippen LogP contribution in [0.15, 0.2) is 16.8 Å². The number of nitrogens with two attached hydrogens (primary N) is 1. The summed E-state index contributed by atoms with van der Waals surface area (Å²) in [4.78, 5) is 11.0. The molecule has 0 spiro atoms. The van der Waals surface area contributed by atoms with E-state index in [2.05, 4.69) is 20.8 Å². The SMILES string of the molecule is Cc1cc(Cn2cc(CNC(=O)CN)nn2)no1. The fourth-order valence-corrected chi connectivity index (χ4v) is 1.42. The van der Waals surface area contributed by atoms with Gasteiger partial charge in [-0.05, 0) is 6.92 Å². The molecule has 3 N–H and O–H groups in total. The second kappa shape index (κ2) is 5.41. The lowest BCUT2D eigenvalue weighted by Gasteiger charge is -1.98. The minimum Gasteiger partial charge on any atom is -0.361 e. The Labute approximate surface area is 103 Å². The van der Waals surface area contributed by atoms with Gasteiger partial charge in [0.1, 0.15) is 17.1 Å². The van der Waals surface area contributed by atoms with Crippen molar-refractivity contribution in [2.24, 2.45) is 5.73 Å². The number of amides is 1. The molecule has 0 aliphatic carbocycles. The molecular weight excluding hydrogens is 236 g/mol. The highest BCUT2D eigenvalue weighted by molar-refractivity contribution is 5.77. The summed E-state index contributed by atoms with van der Waals surface area (Å²) in [5.41, 5.74) is 6.61. The Bertz CT molecular complexity index is 532. The summed E-state index contributed by atoms with van der Waals surface area (Å²) in [6, 6.07) is 1.83. The molecule has 8 nitrogen and oxygen atoms in total. The molecule has 0 saturated heterocycles. The van der Waals surface area contributed by atoms with Crippen LogP contribution in [-0.2, 0) is 17.9 Å². The van der Waals surface area contributed by atoms with E-state index in [9.17, 15) is 4.79 Å². The molecule has 8 heteroatoms. The van der Waals surface area contributed by atoms with Gasteiger partial charge >= 0.3 is 0 Å². The first kappa shape index (κ1) is 12.2. The van der Waals surface area contributed by atoms with Gasteiger partial charge in [-0.25, -0.2) is 4.68 Å². The van der Waals surface area contributed by atoms with Crippen LogP contribution in [0, 0.1) is 6.92 Å². The van der Waals surface area contributed by atoms with E-state index < -0.39 is 0 Å². The standard InChI is InChI=1S/C10H14N6O2/c1-7-2-8(14-18-7)5-16-6-9(13-15-16)4-12-10(17)3-11/h2,6H,3-5,11H2,1H3,(H,12,17). The Hall–Kier alpha value is -2.22. The van der Waals surface area contributed by atoms with Crippen molar-refractivity contribution in [2.45, 2.75) is 20.0 Å². The topological polar surface area (TPSA) is 112 Å². The van der Waals surface area contributed by atoms with Crippen molar-refractivity contribution in [3.63, 3.8) is 0 Å². The Morgan fingerprint density at radius 2 is 2.39 bits per heavy atom. The Morgan fingerprint density at radius 1 is 1.56 bits per heavy atom. The molecule has 0 aromatic carbocycles. The summed E-state index contributed by atoms with van der Waals surface area (Å²) in [6.45, 7) is 2.58. The first-order valence-electron chi connectivity index (χ1n) is 5.45. The van der Waals surface area contributed by atoms with Gasteiger partial charge in [0.15, 0.2) is 0 Å². The summed E-state index contributed by atoms with van der Waals surface area (Å²) < 4.78 is 6.58. The zero-order valence-electron chi connectivity index (χ0n) is 9.96. The second-order valence-electron chi connectivity index (χ2n) is 3.82. The quantitative estimate of drug-likeness (QED) is 0.718. The van der Waals surface area contributed by atoms with Crippen LogP contribution >= 0.6 is 0 Å². The highest BCUT2D eigenvalue weighted by Gasteiger charge is 2.05. The van der Waals surface area contributed by atoms with Gasteiger partial charge in [0, 0.05) is 6.07 Å². The highest BCUT2D eigenvalue weighted by Crippen LogP contribution is 2.03. The van der Waals surface area contributed by atoms with Gasteiger partial charge in [0.2, 0.25) is 5.91 Å².